The maximum absolute atomic E-state index is 13.2. The lowest BCUT2D eigenvalue weighted by atomic mass is 10.3. The van der Waals surface area contributed by atoms with E-state index in [1.807, 2.05) is 18.4 Å². The number of halogens is 1. The molecule has 5 heteroatoms. The Kier molecular flexibility index (Phi) is 3.59. The third-order valence-electron chi connectivity index (χ3n) is 2.50. The minimum absolute atomic E-state index is 0.186. The van der Waals surface area contributed by atoms with Crippen LogP contribution in [0.4, 0.5) is 4.39 Å². The number of nitrogens with one attached hydrogen (secondary N) is 1. The van der Waals surface area contributed by atoms with E-state index in [-0.39, 0.29) is 11.9 Å². The van der Waals surface area contributed by atoms with Crippen molar-refractivity contribution in [3.63, 3.8) is 0 Å². The lowest BCUT2D eigenvalue weighted by molar-refractivity contribution is 0.0731. The van der Waals surface area contributed by atoms with Gasteiger partial charge in [0.25, 0.3) is 0 Å². The first-order valence-electron chi connectivity index (χ1n) is 5.57. The third kappa shape index (κ3) is 2.73. The molecule has 0 atom stereocenters. The zero-order chi connectivity index (χ0) is 12.4. The molecular weight excluding hydrogens is 239 g/mol. The molecular formula is C12H15FN2OS. The van der Waals surface area contributed by atoms with Crippen LogP contribution in [0.25, 0.3) is 11.0 Å². The second-order valence-electron chi connectivity index (χ2n) is 4.16. The lowest BCUT2D eigenvalue weighted by Crippen LogP contribution is -2.10. The van der Waals surface area contributed by atoms with Crippen molar-refractivity contribution in [3.8, 4) is 0 Å². The average molecular weight is 254 g/mol. The van der Waals surface area contributed by atoms with E-state index in [1.165, 1.54) is 12.1 Å². The molecule has 3 nitrogen and oxygen atoms in total. The molecule has 1 N–H and O–H groups in total. The fourth-order valence-electron chi connectivity index (χ4n) is 1.73. The Morgan fingerprint density at radius 2 is 2.24 bits per heavy atom. The summed E-state index contributed by atoms with van der Waals surface area (Å²) in [4.78, 5) is 3.05. The van der Waals surface area contributed by atoms with Crippen LogP contribution < -0.4 is 0 Å². The van der Waals surface area contributed by atoms with Crippen molar-refractivity contribution >= 4 is 23.3 Å². The SMILES string of the molecule is CC(C)OCCn1c(=S)[nH]c2ccc(F)cc21. The van der Waals surface area contributed by atoms with E-state index in [2.05, 4.69) is 4.98 Å². The van der Waals surface area contributed by atoms with Gasteiger partial charge in [0, 0.05) is 6.54 Å². The van der Waals surface area contributed by atoms with Gasteiger partial charge < -0.3 is 14.3 Å². The van der Waals surface area contributed by atoms with Crippen molar-refractivity contribution in [1.29, 1.82) is 0 Å². The first-order chi connectivity index (χ1) is 8.08. The van der Waals surface area contributed by atoms with Crippen LogP contribution >= 0.6 is 12.2 Å². The predicted octanol–water partition coefficient (Wildman–Crippen LogP) is 3.26. The summed E-state index contributed by atoms with van der Waals surface area (Å²) < 4.78 is 21.1. The van der Waals surface area contributed by atoms with Crippen LogP contribution in [0.15, 0.2) is 18.2 Å². The molecule has 0 unspecified atom stereocenters. The van der Waals surface area contributed by atoms with Crippen molar-refractivity contribution in [2.45, 2.75) is 26.5 Å². The van der Waals surface area contributed by atoms with E-state index < -0.39 is 0 Å². The maximum Gasteiger partial charge on any atom is 0.178 e. The summed E-state index contributed by atoms with van der Waals surface area (Å²) in [5, 5.41) is 0. The van der Waals surface area contributed by atoms with Gasteiger partial charge in [0.05, 0.1) is 23.7 Å². The Bertz CT molecular complexity index is 573. The van der Waals surface area contributed by atoms with Gasteiger partial charge in [-0.2, -0.15) is 0 Å². The summed E-state index contributed by atoms with van der Waals surface area (Å²) in [7, 11) is 0. The summed E-state index contributed by atoms with van der Waals surface area (Å²) >= 11 is 5.20. The number of hydrogen-bond donors (Lipinski definition) is 1. The highest BCUT2D eigenvalue weighted by molar-refractivity contribution is 7.71. The molecule has 1 heterocycles. The van der Waals surface area contributed by atoms with Crippen molar-refractivity contribution < 1.29 is 9.13 Å². The highest BCUT2D eigenvalue weighted by Crippen LogP contribution is 2.15. The van der Waals surface area contributed by atoms with Crippen LogP contribution in [0, 0.1) is 10.6 Å². The monoisotopic (exact) mass is 254 g/mol. The van der Waals surface area contributed by atoms with Crippen molar-refractivity contribution in [3.05, 3.63) is 28.8 Å². The van der Waals surface area contributed by atoms with Gasteiger partial charge in [0.15, 0.2) is 4.77 Å². The van der Waals surface area contributed by atoms with Gasteiger partial charge in [-0.05, 0) is 44.3 Å². The standard InChI is InChI=1S/C12H15FN2OS/c1-8(2)16-6-5-15-11-7-9(13)3-4-10(11)14-12(15)17/h3-4,7-8H,5-6H2,1-2H3,(H,14,17). The molecule has 0 spiro atoms. The zero-order valence-corrected chi connectivity index (χ0v) is 10.7. The second-order valence-corrected chi connectivity index (χ2v) is 4.55. The Labute approximate surface area is 104 Å². The number of imidazole rings is 1. The molecule has 17 heavy (non-hydrogen) atoms. The van der Waals surface area contributed by atoms with E-state index in [1.54, 1.807) is 6.07 Å². The number of aromatic nitrogens is 2. The number of nitrogens with zero attached hydrogens (tertiary/aromatic N) is 1. The van der Waals surface area contributed by atoms with Crippen LogP contribution in [-0.4, -0.2) is 22.3 Å². The first kappa shape index (κ1) is 12.3. The molecule has 0 aliphatic heterocycles. The number of H-pyrrole nitrogens is 1. The van der Waals surface area contributed by atoms with E-state index in [9.17, 15) is 4.39 Å². The molecule has 0 aliphatic carbocycles. The van der Waals surface area contributed by atoms with Crippen LogP contribution in [0.2, 0.25) is 0 Å². The number of hydrogen-bond acceptors (Lipinski definition) is 2. The maximum atomic E-state index is 13.2. The van der Waals surface area contributed by atoms with Gasteiger partial charge in [-0.1, -0.05) is 0 Å². The summed E-state index contributed by atoms with van der Waals surface area (Å²) in [6, 6.07) is 4.60. The normalized spacial score (nSPS) is 11.5. The van der Waals surface area contributed by atoms with Gasteiger partial charge in [0.2, 0.25) is 0 Å². The third-order valence-corrected chi connectivity index (χ3v) is 2.83. The van der Waals surface area contributed by atoms with E-state index in [4.69, 9.17) is 17.0 Å². The Balaban J connectivity index is 2.29. The molecule has 0 saturated heterocycles. The summed E-state index contributed by atoms with van der Waals surface area (Å²) in [6.45, 7) is 5.15. The van der Waals surface area contributed by atoms with Crippen LogP contribution in [0.3, 0.4) is 0 Å². The molecule has 0 bridgehead atoms. The number of ether oxygens (including phenoxy) is 1. The van der Waals surface area contributed by atoms with Gasteiger partial charge in [-0.25, -0.2) is 4.39 Å². The van der Waals surface area contributed by atoms with E-state index in [0.717, 1.165) is 11.0 Å². The largest absolute Gasteiger partial charge is 0.377 e. The zero-order valence-electron chi connectivity index (χ0n) is 9.87. The molecule has 0 fully saturated rings. The molecule has 0 radical (unpaired) electrons. The molecule has 0 aliphatic rings. The van der Waals surface area contributed by atoms with Gasteiger partial charge >= 0.3 is 0 Å². The number of aromatic amines is 1. The summed E-state index contributed by atoms with van der Waals surface area (Å²) in [5.41, 5.74) is 1.63. The average Bonchev–Trinajstić information content (AvgIpc) is 2.55. The van der Waals surface area contributed by atoms with Crippen molar-refractivity contribution in [2.75, 3.05) is 6.61 Å². The lowest BCUT2D eigenvalue weighted by Gasteiger charge is -2.08. The fraction of sp³-hybridized carbons (Fsp3) is 0.417. The quantitative estimate of drug-likeness (QED) is 0.849. The topological polar surface area (TPSA) is 29.9 Å². The van der Waals surface area contributed by atoms with Gasteiger partial charge in [0.1, 0.15) is 5.82 Å². The smallest absolute Gasteiger partial charge is 0.178 e. The molecule has 2 aromatic rings. The molecule has 0 amide bonds. The Morgan fingerprint density at radius 1 is 1.47 bits per heavy atom. The first-order valence-corrected chi connectivity index (χ1v) is 5.98. The molecule has 1 aromatic carbocycles. The van der Waals surface area contributed by atoms with Crippen molar-refractivity contribution in [1.82, 2.24) is 9.55 Å². The van der Waals surface area contributed by atoms with E-state index >= 15 is 0 Å². The number of rotatable bonds is 4. The summed E-state index contributed by atoms with van der Waals surface area (Å²) in [6.07, 6.45) is 0.186. The fourth-order valence-corrected chi connectivity index (χ4v) is 2.03. The van der Waals surface area contributed by atoms with Gasteiger partial charge in [-0.3, -0.25) is 0 Å². The molecule has 0 saturated carbocycles. The molecule has 1 aromatic heterocycles. The second kappa shape index (κ2) is 4.98. The van der Waals surface area contributed by atoms with Crippen LogP contribution in [0.5, 0.6) is 0 Å². The number of benzene rings is 1. The summed E-state index contributed by atoms with van der Waals surface area (Å²) in [5.74, 6) is -0.259. The van der Waals surface area contributed by atoms with Gasteiger partial charge in [-0.15, -0.1) is 0 Å². The highest BCUT2D eigenvalue weighted by atomic mass is 32.1. The van der Waals surface area contributed by atoms with Crippen LogP contribution in [0.1, 0.15) is 13.8 Å². The predicted molar refractivity (Wildman–Crippen MR) is 68.2 cm³/mol. The highest BCUT2D eigenvalue weighted by Gasteiger charge is 2.05. The van der Waals surface area contributed by atoms with Crippen LogP contribution in [-0.2, 0) is 11.3 Å². The molecule has 92 valence electrons. The Morgan fingerprint density at radius 3 is 2.94 bits per heavy atom. The molecule has 2 rings (SSSR count). The van der Waals surface area contributed by atoms with E-state index in [0.29, 0.717) is 17.9 Å². The minimum Gasteiger partial charge on any atom is -0.377 e. The van der Waals surface area contributed by atoms with Crippen molar-refractivity contribution in [2.24, 2.45) is 0 Å². The Hall–Kier alpha value is -1.20. The number of fused-ring (bicyclic) bond motifs is 1. The minimum atomic E-state index is -0.259.